The quantitative estimate of drug-likeness (QED) is 0.761. The van der Waals surface area contributed by atoms with Gasteiger partial charge in [-0.3, -0.25) is 9.78 Å². The Bertz CT molecular complexity index is 526. The van der Waals surface area contributed by atoms with E-state index in [4.69, 9.17) is 5.11 Å². The molecule has 1 aliphatic carbocycles. The monoisotopic (exact) mass is 244 g/mol. The van der Waals surface area contributed by atoms with E-state index in [0.29, 0.717) is 11.1 Å². The van der Waals surface area contributed by atoms with Crippen LogP contribution < -0.4 is 5.32 Å². The van der Waals surface area contributed by atoms with Gasteiger partial charge in [0.05, 0.1) is 5.56 Å². The summed E-state index contributed by atoms with van der Waals surface area (Å²) < 4.78 is 0. The number of amides is 1. The fourth-order valence-corrected chi connectivity index (χ4v) is 1.73. The highest BCUT2D eigenvalue weighted by molar-refractivity contribution is 5.94. The van der Waals surface area contributed by atoms with E-state index in [9.17, 15) is 4.79 Å². The van der Waals surface area contributed by atoms with Crippen molar-refractivity contribution < 1.29 is 9.90 Å². The zero-order valence-corrected chi connectivity index (χ0v) is 10.5. The predicted octanol–water partition coefficient (Wildman–Crippen LogP) is 0.954. The molecule has 0 saturated heterocycles. The Labute approximate surface area is 106 Å². The van der Waals surface area contributed by atoms with Gasteiger partial charge in [0, 0.05) is 24.0 Å². The molecule has 0 bridgehead atoms. The Balaban J connectivity index is 2.06. The van der Waals surface area contributed by atoms with Crippen LogP contribution in [0.3, 0.4) is 0 Å². The summed E-state index contributed by atoms with van der Waals surface area (Å²) in [6.45, 7) is 4.05. The van der Waals surface area contributed by atoms with Crippen molar-refractivity contribution in [1.82, 2.24) is 10.3 Å². The van der Waals surface area contributed by atoms with Crippen LogP contribution in [0.1, 0.15) is 36.2 Å². The van der Waals surface area contributed by atoms with Gasteiger partial charge in [0.1, 0.15) is 6.61 Å². The molecule has 1 heterocycles. The van der Waals surface area contributed by atoms with Crippen molar-refractivity contribution in [2.45, 2.75) is 26.3 Å². The highest BCUT2D eigenvalue weighted by atomic mass is 16.2. The van der Waals surface area contributed by atoms with Crippen molar-refractivity contribution >= 4 is 5.91 Å². The smallest absolute Gasteiger partial charge is 0.253 e. The second-order valence-electron chi connectivity index (χ2n) is 5.14. The van der Waals surface area contributed by atoms with Crippen LogP contribution in [0.2, 0.25) is 0 Å². The summed E-state index contributed by atoms with van der Waals surface area (Å²) in [5.41, 5.74) is 1.34. The van der Waals surface area contributed by atoms with Crippen molar-refractivity contribution in [1.29, 1.82) is 0 Å². The lowest BCUT2D eigenvalue weighted by Crippen LogP contribution is -2.28. The lowest BCUT2D eigenvalue weighted by Gasteiger charge is -2.06. The molecule has 2 N–H and O–H groups in total. The fraction of sp³-hybridized carbons (Fsp3) is 0.429. The number of carbonyl (C=O) groups is 1. The number of hydrogen-bond donors (Lipinski definition) is 2. The van der Waals surface area contributed by atoms with E-state index in [1.807, 2.05) is 0 Å². The van der Waals surface area contributed by atoms with E-state index in [1.54, 1.807) is 12.3 Å². The number of hydrogen-bond acceptors (Lipinski definition) is 3. The molecular formula is C14H16N2O2. The number of nitrogens with one attached hydrogen (secondary N) is 1. The van der Waals surface area contributed by atoms with E-state index in [-0.39, 0.29) is 24.0 Å². The van der Waals surface area contributed by atoms with Crippen LogP contribution in [0, 0.1) is 17.3 Å². The minimum atomic E-state index is -0.202. The summed E-state index contributed by atoms with van der Waals surface area (Å²) in [4.78, 5) is 15.9. The Hall–Kier alpha value is -1.86. The summed E-state index contributed by atoms with van der Waals surface area (Å²) in [6.07, 6.45) is 4.10. The van der Waals surface area contributed by atoms with Crippen LogP contribution in [0.4, 0.5) is 0 Å². The van der Waals surface area contributed by atoms with E-state index in [2.05, 4.69) is 36.0 Å². The first-order chi connectivity index (χ1) is 8.53. The van der Waals surface area contributed by atoms with Crippen LogP contribution in [-0.2, 0) is 0 Å². The standard InChI is InChI=1S/C14H16N2O2/c1-14(2)7-12(14)16-13(18)11-6-10(4-3-5-17)8-15-9-11/h6,8-9,12,17H,5,7H2,1-2H3,(H,16,18). The minimum Gasteiger partial charge on any atom is -0.384 e. The zero-order valence-electron chi connectivity index (χ0n) is 10.5. The largest absolute Gasteiger partial charge is 0.384 e. The molecule has 1 unspecified atom stereocenters. The molecule has 1 amide bonds. The molecule has 4 nitrogen and oxygen atoms in total. The van der Waals surface area contributed by atoms with Gasteiger partial charge in [-0.2, -0.15) is 0 Å². The van der Waals surface area contributed by atoms with Crippen LogP contribution in [-0.4, -0.2) is 28.6 Å². The average molecular weight is 244 g/mol. The van der Waals surface area contributed by atoms with Crippen LogP contribution in [0.5, 0.6) is 0 Å². The van der Waals surface area contributed by atoms with Gasteiger partial charge in [0.25, 0.3) is 5.91 Å². The van der Waals surface area contributed by atoms with Gasteiger partial charge >= 0.3 is 0 Å². The predicted molar refractivity (Wildman–Crippen MR) is 67.9 cm³/mol. The van der Waals surface area contributed by atoms with Gasteiger partial charge in [-0.1, -0.05) is 25.7 Å². The van der Waals surface area contributed by atoms with Gasteiger partial charge < -0.3 is 10.4 Å². The Morgan fingerprint density at radius 3 is 2.94 bits per heavy atom. The maximum absolute atomic E-state index is 12.0. The van der Waals surface area contributed by atoms with Gasteiger partial charge in [-0.25, -0.2) is 0 Å². The maximum atomic E-state index is 12.0. The number of aromatic nitrogens is 1. The normalized spacial score (nSPS) is 19.6. The maximum Gasteiger partial charge on any atom is 0.253 e. The summed E-state index contributed by atoms with van der Waals surface area (Å²) >= 11 is 0. The number of carbonyl (C=O) groups excluding carboxylic acids is 1. The second kappa shape index (κ2) is 4.79. The molecule has 0 aromatic carbocycles. The molecule has 1 saturated carbocycles. The molecule has 2 rings (SSSR count). The van der Waals surface area contributed by atoms with Crippen molar-refractivity contribution in [3.05, 3.63) is 29.6 Å². The third kappa shape index (κ3) is 2.88. The number of nitrogens with zero attached hydrogens (tertiary/aromatic N) is 1. The zero-order chi connectivity index (χ0) is 13.2. The van der Waals surface area contributed by atoms with E-state index in [0.717, 1.165) is 6.42 Å². The highest BCUT2D eigenvalue weighted by Gasteiger charge is 2.46. The first-order valence-corrected chi connectivity index (χ1v) is 5.88. The Morgan fingerprint density at radius 2 is 2.33 bits per heavy atom. The number of pyridine rings is 1. The second-order valence-corrected chi connectivity index (χ2v) is 5.14. The third-order valence-corrected chi connectivity index (χ3v) is 3.13. The molecule has 1 aromatic rings. The first-order valence-electron chi connectivity index (χ1n) is 5.88. The van der Waals surface area contributed by atoms with Crippen molar-refractivity contribution in [3.63, 3.8) is 0 Å². The Morgan fingerprint density at radius 1 is 1.61 bits per heavy atom. The first kappa shape index (κ1) is 12.6. The topological polar surface area (TPSA) is 62.2 Å². The fourth-order valence-electron chi connectivity index (χ4n) is 1.73. The van der Waals surface area contributed by atoms with E-state index in [1.165, 1.54) is 6.20 Å². The van der Waals surface area contributed by atoms with E-state index >= 15 is 0 Å². The molecule has 94 valence electrons. The molecule has 18 heavy (non-hydrogen) atoms. The molecule has 1 atom stereocenters. The van der Waals surface area contributed by atoms with Crippen LogP contribution in [0.25, 0.3) is 0 Å². The number of rotatable bonds is 2. The Kier molecular flexibility index (Phi) is 3.35. The van der Waals surface area contributed by atoms with Crippen molar-refractivity contribution in [2.75, 3.05) is 6.61 Å². The average Bonchev–Trinajstić information content (AvgIpc) is 2.94. The molecule has 0 radical (unpaired) electrons. The third-order valence-electron chi connectivity index (χ3n) is 3.13. The molecule has 1 fully saturated rings. The van der Waals surface area contributed by atoms with Gasteiger partial charge in [-0.15, -0.1) is 0 Å². The van der Waals surface area contributed by atoms with Gasteiger partial charge in [0.15, 0.2) is 0 Å². The summed E-state index contributed by atoms with van der Waals surface area (Å²) in [5, 5.41) is 11.6. The molecule has 4 heteroatoms. The molecule has 0 aliphatic heterocycles. The number of aliphatic hydroxyl groups excluding tert-OH is 1. The highest BCUT2D eigenvalue weighted by Crippen LogP contribution is 2.44. The molecule has 0 spiro atoms. The molecule has 1 aromatic heterocycles. The van der Waals surface area contributed by atoms with Crippen molar-refractivity contribution in [3.8, 4) is 11.8 Å². The van der Waals surface area contributed by atoms with Crippen LogP contribution in [0.15, 0.2) is 18.5 Å². The summed E-state index contributed by atoms with van der Waals surface area (Å²) in [6, 6.07) is 1.93. The van der Waals surface area contributed by atoms with Crippen molar-refractivity contribution in [2.24, 2.45) is 5.41 Å². The molecule has 1 aliphatic rings. The van der Waals surface area contributed by atoms with Gasteiger partial charge in [-0.05, 0) is 17.9 Å². The summed E-state index contributed by atoms with van der Waals surface area (Å²) in [7, 11) is 0. The van der Waals surface area contributed by atoms with Gasteiger partial charge in [0.2, 0.25) is 0 Å². The molecular weight excluding hydrogens is 228 g/mol. The lowest BCUT2D eigenvalue weighted by molar-refractivity contribution is 0.0946. The summed E-state index contributed by atoms with van der Waals surface area (Å²) in [5.74, 6) is 5.14. The minimum absolute atomic E-state index is 0.120. The lowest BCUT2D eigenvalue weighted by atomic mass is 10.1. The van der Waals surface area contributed by atoms with Crippen LogP contribution >= 0.6 is 0 Å². The number of aliphatic hydroxyl groups is 1. The van der Waals surface area contributed by atoms with E-state index < -0.39 is 0 Å². The SMILES string of the molecule is CC1(C)CC1NC(=O)c1cncc(C#CCO)c1.